The Morgan fingerprint density at radius 3 is 2.04 bits per heavy atom. The van der Waals surface area contributed by atoms with Crippen molar-refractivity contribution in [3.05, 3.63) is 60.7 Å². The zero-order valence-corrected chi connectivity index (χ0v) is 13.0. The van der Waals surface area contributed by atoms with Crippen LogP contribution in [-0.4, -0.2) is 25.6 Å². The second kappa shape index (κ2) is 5.73. The van der Waals surface area contributed by atoms with Crippen molar-refractivity contribution in [2.45, 2.75) is 5.03 Å². The third-order valence-electron chi connectivity index (χ3n) is 3.67. The van der Waals surface area contributed by atoms with E-state index in [1.807, 2.05) is 36.4 Å². The van der Waals surface area contributed by atoms with Crippen molar-refractivity contribution in [1.82, 2.24) is 25.6 Å². The second-order valence-electron chi connectivity index (χ2n) is 5.07. The fourth-order valence-electron chi connectivity index (χ4n) is 2.69. The van der Waals surface area contributed by atoms with E-state index in [1.165, 1.54) is 0 Å². The van der Waals surface area contributed by atoms with Gasteiger partial charge in [0.15, 0.2) is 0 Å². The van der Waals surface area contributed by atoms with Gasteiger partial charge in [-0.25, -0.2) is 0 Å². The smallest absolute Gasteiger partial charge is 0.207 e. The maximum atomic E-state index is 4.60. The minimum absolute atomic E-state index is 0.521. The summed E-state index contributed by atoms with van der Waals surface area (Å²) < 4.78 is 0. The molecule has 2 N–H and O–H groups in total. The molecule has 6 heteroatoms. The molecule has 23 heavy (non-hydrogen) atoms. The average molecular weight is 319 g/mol. The first-order chi connectivity index (χ1) is 11.3. The summed E-state index contributed by atoms with van der Waals surface area (Å²) in [6.07, 6.45) is 0. The molecule has 112 valence electrons. The van der Waals surface area contributed by atoms with Gasteiger partial charge in [0.2, 0.25) is 5.82 Å². The number of H-pyrrole nitrogens is 2. The van der Waals surface area contributed by atoms with E-state index in [0.717, 1.165) is 27.9 Å². The molecule has 2 aromatic heterocycles. The Labute approximate surface area is 138 Å². The molecule has 4 aromatic rings. The predicted molar refractivity (Wildman–Crippen MR) is 92.1 cm³/mol. The van der Waals surface area contributed by atoms with E-state index in [9.17, 15) is 0 Å². The Morgan fingerprint density at radius 1 is 0.783 bits per heavy atom. The highest BCUT2D eigenvalue weighted by Gasteiger charge is 2.22. The fourth-order valence-corrected chi connectivity index (χ4v) is 3.01. The molecule has 2 aromatic carbocycles. The molecule has 0 atom stereocenters. The van der Waals surface area contributed by atoms with Crippen LogP contribution < -0.4 is 0 Å². The van der Waals surface area contributed by atoms with Crippen molar-refractivity contribution in [2.24, 2.45) is 0 Å². The molecule has 0 spiro atoms. The monoisotopic (exact) mass is 319 g/mol. The maximum absolute atomic E-state index is 4.60. The predicted octanol–water partition coefficient (Wildman–Crippen LogP) is 3.82. The molecular weight excluding hydrogens is 306 g/mol. The van der Waals surface area contributed by atoms with Gasteiger partial charge in [0, 0.05) is 5.56 Å². The van der Waals surface area contributed by atoms with Crippen LogP contribution in [0.2, 0.25) is 0 Å². The van der Waals surface area contributed by atoms with Gasteiger partial charge in [-0.1, -0.05) is 60.7 Å². The van der Waals surface area contributed by atoms with Gasteiger partial charge < -0.3 is 4.98 Å². The van der Waals surface area contributed by atoms with Crippen LogP contribution >= 0.6 is 12.6 Å². The minimum atomic E-state index is 0.521. The van der Waals surface area contributed by atoms with Crippen LogP contribution in [0.3, 0.4) is 0 Å². The highest BCUT2D eigenvalue weighted by Crippen LogP contribution is 2.42. The highest BCUT2D eigenvalue weighted by atomic mass is 32.1. The highest BCUT2D eigenvalue weighted by molar-refractivity contribution is 7.80. The summed E-state index contributed by atoms with van der Waals surface area (Å²) in [6.45, 7) is 0. The molecule has 0 aliphatic heterocycles. The summed E-state index contributed by atoms with van der Waals surface area (Å²) in [5, 5.41) is 15.1. The molecule has 0 bridgehead atoms. The summed E-state index contributed by atoms with van der Waals surface area (Å²) in [5.41, 5.74) is 5.00. The van der Waals surface area contributed by atoms with Crippen LogP contribution in [0, 0.1) is 0 Å². The Balaban J connectivity index is 2.03. The lowest BCUT2D eigenvalue weighted by Crippen LogP contribution is -1.86. The van der Waals surface area contributed by atoms with Crippen LogP contribution in [0.1, 0.15) is 0 Å². The van der Waals surface area contributed by atoms with E-state index < -0.39 is 0 Å². The number of benzene rings is 2. The number of thiol groups is 1. The van der Waals surface area contributed by atoms with Crippen molar-refractivity contribution < 1.29 is 0 Å². The lowest BCUT2D eigenvalue weighted by Gasteiger charge is -2.06. The third kappa shape index (κ3) is 2.43. The number of hydrogen-bond acceptors (Lipinski definition) is 4. The van der Waals surface area contributed by atoms with Crippen molar-refractivity contribution in [3.8, 4) is 33.8 Å². The molecule has 2 heterocycles. The summed E-state index contributed by atoms with van der Waals surface area (Å²) in [4.78, 5) is 3.36. The maximum Gasteiger partial charge on any atom is 0.207 e. The SMILES string of the molecule is Sc1[nH]c(-c2ccccc2)c(-c2ccccc2)c1-c1nn[nH]n1. The van der Waals surface area contributed by atoms with Gasteiger partial charge >= 0.3 is 0 Å². The van der Waals surface area contributed by atoms with E-state index in [4.69, 9.17) is 0 Å². The molecule has 4 rings (SSSR count). The van der Waals surface area contributed by atoms with E-state index in [2.05, 4.69) is 62.5 Å². The number of aromatic amines is 2. The standard InChI is InChI=1S/C17H13N5S/c23-17-14(16-19-21-22-20-16)13(11-7-3-1-4-8-11)15(18-17)12-9-5-2-6-10-12/h1-10,18,23H,(H,19,20,21,22). The van der Waals surface area contributed by atoms with Crippen molar-refractivity contribution >= 4 is 12.6 Å². The van der Waals surface area contributed by atoms with Gasteiger partial charge in [-0.15, -0.1) is 22.8 Å². The summed E-state index contributed by atoms with van der Waals surface area (Å²) in [6, 6.07) is 20.3. The first kappa shape index (κ1) is 13.8. The van der Waals surface area contributed by atoms with Gasteiger partial charge in [0.25, 0.3) is 0 Å². The van der Waals surface area contributed by atoms with Gasteiger partial charge in [0.05, 0.1) is 16.3 Å². The number of aromatic nitrogens is 5. The number of nitrogens with zero attached hydrogens (tertiary/aromatic N) is 3. The lowest BCUT2D eigenvalue weighted by atomic mass is 9.97. The molecule has 5 nitrogen and oxygen atoms in total. The molecule has 0 saturated heterocycles. The molecule has 0 fully saturated rings. The van der Waals surface area contributed by atoms with Gasteiger partial charge in [-0.3, -0.25) is 0 Å². The van der Waals surface area contributed by atoms with Gasteiger partial charge in [-0.05, 0) is 16.3 Å². The van der Waals surface area contributed by atoms with Crippen LogP contribution in [0.4, 0.5) is 0 Å². The quantitative estimate of drug-likeness (QED) is 0.503. The zero-order valence-electron chi connectivity index (χ0n) is 12.1. The summed E-state index contributed by atoms with van der Waals surface area (Å²) in [5.74, 6) is 0.521. The summed E-state index contributed by atoms with van der Waals surface area (Å²) in [7, 11) is 0. The van der Waals surface area contributed by atoms with E-state index >= 15 is 0 Å². The van der Waals surface area contributed by atoms with Crippen molar-refractivity contribution in [1.29, 1.82) is 0 Å². The van der Waals surface area contributed by atoms with Gasteiger partial charge in [0.1, 0.15) is 0 Å². The van der Waals surface area contributed by atoms with E-state index in [-0.39, 0.29) is 0 Å². The van der Waals surface area contributed by atoms with Crippen LogP contribution in [-0.2, 0) is 0 Å². The van der Waals surface area contributed by atoms with Crippen molar-refractivity contribution in [3.63, 3.8) is 0 Å². The topological polar surface area (TPSA) is 70.2 Å². The molecule has 0 saturated carbocycles. The Bertz CT molecular complexity index is 915. The summed E-state index contributed by atoms with van der Waals surface area (Å²) >= 11 is 4.60. The van der Waals surface area contributed by atoms with Gasteiger partial charge in [-0.2, -0.15) is 5.21 Å². The largest absolute Gasteiger partial charge is 0.349 e. The minimum Gasteiger partial charge on any atom is -0.349 e. The number of tetrazole rings is 1. The Morgan fingerprint density at radius 2 is 1.43 bits per heavy atom. The number of nitrogens with one attached hydrogen (secondary N) is 2. The molecular formula is C17H13N5S. The molecule has 0 amide bonds. The number of hydrogen-bond donors (Lipinski definition) is 3. The first-order valence-electron chi connectivity index (χ1n) is 7.14. The van der Waals surface area contributed by atoms with Crippen molar-refractivity contribution in [2.75, 3.05) is 0 Å². The zero-order chi connectivity index (χ0) is 15.6. The lowest BCUT2D eigenvalue weighted by molar-refractivity contribution is 0.881. The van der Waals surface area contributed by atoms with E-state index in [0.29, 0.717) is 10.9 Å². The number of rotatable bonds is 3. The second-order valence-corrected chi connectivity index (χ2v) is 5.51. The molecule has 0 aliphatic rings. The van der Waals surface area contributed by atoms with Crippen LogP contribution in [0.5, 0.6) is 0 Å². The fraction of sp³-hybridized carbons (Fsp3) is 0. The first-order valence-corrected chi connectivity index (χ1v) is 7.59. The molecule has 0 radical (unpaired) electrons. The average Bonchev–Trinajstić information content (AvgIpc) is 3.23. The molecule has 0 aliphatic carbocycles. The normalized spacial score (nSPS) is 10.8. The third-order valence-corrected chi connectivity index (χ3v) is 4.01. The Hall–Kier alpha value is -2.86. The molecule has 0 unspecified atom stereocenters. The Kier molecular flexibility index (Phi) is 3.44. The van der Waals surface area contributed by atoms with Crippen LogP contribution in [0.25, 0.3) is 33.8 Å². The van der Waals surface area contributed by atoms with E-state index in [1.54, 1.807) is 0 Å². The van der Waals surface area contributed by atoms with Crippen LogP contribution in [0.15, 0.2) is 65.7 Å².